The number of non-ortho nitro benzene ring substituents is 1. The monoisotopic (exact) mass is 387 g/mol. The fraction of sp³-hybridized carbons (Fsp3) is 0.0952. The summed E-state index contributed by atoms with van der Waals surface area (Å²) in [6.07, 6.45) is 0. The van der Waals surface area contributed by atoms with Crippen LogP contribution in [0.3, 0.4) is 0 Å². The number of hydrogen-bond acceptors (Lipinski definition) is 5. The molecule has 4 rings (SSSR count). The Balaban J connectivity index is 1.60. The lowest BCUT2D eigenvalue weighted by Crippen LogP contribution is -2.12. The predicted molar refractivity (Wildman–Crippen MR) is 109 cm³/mol. The quantitative estimate of drug-likeness (QED) is 0.418. The number of fused-ring (bicyclic) bond motifs is 1. The van der Waals surface area contributed by atoms with E-state index in [1.54, 1.807) is 23.0 Å². The van der Waals surface area contributed by atoms with E-state index in [4.69, 9.17) is 0 Å². The second kappa shape index (κ2) is 7.16. The number of aryl methyl sites for hydroxylation is 2. The summed E-state index contributed by atoms with van der Waals surface area (Å²) >= 11 is 0. The van der Waals surface area contributed by atoms with Crippen LogP contribution in [-0.4, -0.2) is 25.8 Å². The van der Waals surface area contributed by atoms with Crippen molar-refractivity contribution in [3.8, 4) is 5.69 Å². The van der Waals surface area contributed by atoms with Gasteiger partial charge in [-0.1, -0.05) is 12.1 Å². The number of carbonyl (C=O) groups is 1. The molecule has 0 aliphatic carbocycles. The number of nitro groups is 1. The number of carbonyl (C=O) groups excluding carboxylic acids is 1. The summed E-state index contributed by atoms with van der Waals surface area (Å²) in [5, 5.41) is 22.6. The first-order valence-electron chi connectivity index (χ1n) is 8.91. The molecule has 0 saturated heterocycles. The first-order valence-corrected chi connectivity index (χ1v) is 8.91. The Kier molecular flexibility index (Phi) is 4.52. The van der Waals surface area contributed by atoms with Gasteiger partial charge >= 0.3 is 0 Å². The second-order valence-corrected chi connectivity index (χ2v) is 6.72. The topological polar surface area (TPSA) is 103 Å². The largest absolute Gasteiger partial charge is 0.322 e. The molecule has 1 amide bonds. The van der Waals surface area contributed by atoms with Gasteiger partial charge in [0.15, 0.2) is 0 Å². The fourth-order valence-electron chi connectivity index (χ4n) is 2.92. The van der Waals surface area contributed by atoms with E-state index in [9.17, 15) is 14.9 Å². The third kappa shape index (κ3) is 3.68. The third-order valence-corrected chi connectivity index (χ3v) is 4.68. The minimum Gasteiger partial charge on any atom is -0.322 e. The molecule has 3 aromatic carbocycles. The smallest absolute Gasteiger partial charge is 0.270 e. The van der Waals surface area contributed by atoms with Crippen LogP contribution in [-0.2, 0) is 0 Å². The number of benzene rings is 3. The van der Waals surface area contributed by atoms with Crippen LogP contribution in [0.25, 0.3) is 16.7 Å². The van der Waals surface area contributed by atoms with Gasteiger partial charge < -0.3 is 5.32 Å². The molecule has 29 heavy (non-hydrogen) atoms. The van der Waals surface area contributed by atoms with Gasteiger partial charge in [-0.15, -0.1) is 10.2 Å². The molecule has 0 spiro atoms. The Morgan fingerprint density at radius 2 is 1.76 bits per heavy atom. The lowest BCUT2D eigenvalue weighted by atomic mass is 10.1. The molecule has 0 aliphatic heterocycles. The molecule has 1 heterocycles. The van der Waals surface area contributed by atoms with Crippen molar-refractivity contribution in [3.05, 3.63) is 87.5 Å². The van der Waals surface area contributed by atoms with Gasteiger partial charge in [0.2, 0.25) is 0 Å². The summed E-state index contributed by atoms with van der Waals surface area (Å²) in [6.45, 7) is 4.08. The van der Waals surface area contributed by atoms with Crippen LogP contribution in [0.5, 0.6) is 0 Å². The van der Waals surface area contributed by atoms with Crippen LogP contribution < -0.4 is 5.32 Å². The van der Waals surface area contributed by atoms with E-state index < -0.39 is 10.8 Å². The SMILES string of the molecule is Cc1ccc(-n2nc3ccc(NC(=O)c4cccc([N+](=O)[O-])c4)cc3n2)cc1C. The van der Waals surface area contributed by atoms with Crippen molar-refractivity contribution in [2.45, 2.75) is 13.8 Å². The molecule has 4 aromatic rings. The van der Waals surface area contributed by atoms with Gasteiger partial charge in [-0.2, -0.15) is 4.80 Å². The van der Waals surface area contributed by atoms with Gasteiger partial charge in [-0.25, -0.2) is 0 Å². The van der Waals surface area contributed by atoms with E-state index >= 15 is 0 Å². The molecule has 8 nitrogen and oxygen atoms in total. The maximum Gasteiger partial charge on any atom is 0.270 e. The van der Waals surface area contributed by atoms with E-state index in [-0.39, 0.29) is 11.3 Å². The molecule has 0 unspecified atom stereocenters. The van der Waals surface area contributed by atoms with E-state index in [0.717, 1.165) is 11.3 Å². The minimum absolute atomic E-state index is 0.135. The molecule has 0 aliphatic rings. The van der Waals surface area contributed by atoms with Gasteiger partial charge in [0.25, 0.3) is 11.6 Å². The summed E-state index contributed by atoms with van der Waals surface area (Å²) in [6, 6.07) is 16.8. The molecule has 0 atom stereocenters. The highest BCUT2D eigenvalue weighted by Crippen LogP contribution is 2.20. The first-order chi connectivity index (χ1) is 13.9. The number of anilines is 1. The van der Waals surface area contributed by atoms with Crippen molar-refractivity contribution in [2.24, 2.45) is 0 Å². The number of nitrogens with one attached hydrogen (secondary N) is 1. The van der Waals surface area contributed by atoms with Crippen molar-refractivity contribution in [1.29, 1.82) is 0 Å². The average Bonchev–Trinajstić information content (AvgIpc) is 3.13. The molecule has 0 bridgehead atoms. The molecule has 144 valence electrons. The molecule has 0 fully saturated rings. The van der Waals surface area contributed by atoms with Gasteiger partial charge in [0, 0.05) is 23.4 Å². The minimum atomic E-state index is -0.534. The lowest BCUT2D eigenvalue weighted by molar-refractivity contribution is -0.384. The molecule has 0 saturated carbocycles. The number of hydrogen-bond donors (Lipinski definition) is 1. The van der Waals surface area contributed by atoms with Crippen LogP contribution >= 0.6 is 0 Å². The molecule has 8 heteroatoms. The Hall–Kier alpha value is -4.07. The van der Waals surface area contributed by atoms with Crippen molar-refractivity contribution in [3.63, 3.8) is 0 Å². The summed E-state index contributed by atoms with van der Waals surface area (Å²) in [7, 11) is 0. The van der Waals surface area contributed by atoms with Gasteiger partial charge in [0.1, 0.15) is 11.0 Å². The van der Waals surface area contributed by atoms with Gasteiger partial charge in [0.05, 0.1) is 10.6 Å². The Labute approximate surface area is 165 Å². The van der Waals surface area contributed by atoms with Crippen LogP contribution in [0.2, 0.25) is 0 Å². The van der Waals surface area contributed by atoms with Crippen LogP contribution in [0.15, 0.2) is 60.7 Å². The predicted octanol–water partition coefficient (Wildman–Crippen LogP) is 4.20. The standard InChI is InChI=1S/C21H17N5O3/c1-13-6-8-17(10-14(13)2)25-23-19-9-7-16(12-20(19)24-25)22-21(27)15-4-3-5-18(11-15)26(28)29/h3-12H,1-2H3,(H,22,27). The van der Waals surface area contributed by atoms with Crippen LogP contribution in [0, 0.1) is 24.0 Å². The summed E-state index contributed by atoms with van der Waals surface area (Å²) in [5.41, 5.74) is 5.11. The zero-order valence-corrected chi connectivity index (χ0v) is 15.8. The van der Waals surface area contributed by atoms with E-state index in [1.807, 2.05) is 32.0 Å². The molecule has 1 aromatic heterocycles. The highest BCUT2D eigenvalue weighted by atomic mass is 16.6. The Morgan fingerprint density at radius 1 is 0.966 bits per heavy atom. The normalized spacial score (nSPS) is 10.8. The number of aromatic nitrogens is 3. The zero-order valence-electron chi connectivity index (χ0n) is 15.8. The zero-order chi connectivity index (χ0) is 20.5. The molecule has 1 N–H and O–H groups in total. The summed E-state index contributed by atoms with van der Waals surface area (Å²) in [5.74, 6) is -0.436. The number of nitro benzene ring substituents is 1. The van der Waals surface area contributed by atoms with Crippen molar-refractivity contribution in [1.82, 2.24) is 15.0 Å². The Morgan fingerprint density at radius 3 is 2.52 bits per heavy atom. The van der Waals surface area contributed by atoms with E-state index in [0.29, 0.717) is 16.7 Å². The number of nitrogens with zero attached hydrogens (tertiary/aromatic N) is 4. The fourth-order valence-corrected chi connectivity index (χ4v) is 2.92. The van der Waals surface area contributed by atoms with Crippen molar-refractivity contribution >= 4 is 28.3 Å². The first kappa shape index (κ1) is 18.3. The van der Waals surface area contributed by atoms with Crippen LogP contribution in [0.4, 0.5) is 11.4 Å². The summed E-state index contributed by atoms with van der Waals surface area (Å²) in [4.78, 5) is 24.4. The average molecular weight is 387 g/mol. The summed E-state index contributed by atoms with van der Waals surface area (Å²) < 4.78 is 0. The highest BCUT2D eigenvalue weighted by molar-refractivity contribution is 6.05. The van der Waals surface area contributed by atoms with Gasteiger partial charge in [-0.3, -0.25) is 14.9 Å². The second-order valence-electron chi connectivity index (χ2n) is 6.72. The van der Waals surface area contributed by atoms with Gasteiger partial charge in [-0.05, 0) is 61.4 Å². The molecular formula is C21H17N5O3. The lowest BCUT2D eigenvalue weighted by Gasteiger charge is -2.04. The van der Waals surface area contributed by atoms with Crippen molar-refractivity contribution < 1.29 is 9.72 Å². The number of rotatable bonds is 4. The maximum atomic E-state index is 12.4. The molecule has 0 radical (unpaired) electrons. The Bertz CT molecular complexity index is 1260. The maximum absolute atomic E-state index is 12.4. The number of amides is 1. The molecular weight excluding hydrogens is 370 g/mol. The van der Waals surface area contributed by atoms with Crippen molar-refractivity contribution in [2.75, 3.05) is 5.32 Å². The van der Waals surface area contributed by atoms with E-state index in [1.165, 1.54) is 29.8 Å². The third-order valence-electron chi connectivity index (χ3n) is 4.68. The van der Waals surface area contributed by atoms with Crippen LogP contribution in [0.1, 0.15) is 21.5 Å². The van der Waals surface area contributed by atoms with E-state index in [2.05, 4.69) is 15.5 Å². The highest BCUT2D eigenvalue weighted by Gasteiger charge is 2.13.